The standard InChI is InChI=1S/C14H11N7/c1-9-10(2)16-18-14(12(9)8-15)21-19-13(17-20-21)11-6-4-3-5-7-11/h3-7H,1-2H3. The molecule has 1 aromatic carbocycles. The third-order valence-electron chi connectivity index (χ3n) is 3.18. The summed E-state index contributed by atoms with van der Waals surface area (Å²) in [7, 11) is 0. The Morgan fingerprint density at radius 1 is 1.05 bits per heavy atom. The van der Waals surface area contributed by atoms with Crippen LogP contribution in [0.15, 0.2) is 30.3 Å². The molecule has 0 saturated carbocycles. The highest BCUT2D eigenvalue weighted by Crippen LogP contribution is 2.17. The summed E-state index contributed by atoms with van der Waals surface area (Å²) in [4.78, 5) is 1.24. The normalized spacial score (nSPS) is 10.3. The summed E-state index contributed by atoms with van der Waals surface area (Å²) in [5.41, 5.74) is 2.72. The molecule has 7 heteroatoms. The lowest BCUT2D eigenvalue weighted by Gasteiger charge is -2.04. The average Bonchev–Trinajstić information content (AvgIpc) is 3.00. The maximum atomic E-state index is 9.30. The number of benzene rings is 1. The molecule has 0 fully saturated rings. The van der Waals surface area contributed by atoms with Gasteiger partial charge in [-0.15, -0.1) is 20.1 Å². The van der Waals surface area contributed by atoms with E-state index >= 15 is 0 Å². The number of hydrogen-bond donors (Lipinski definition) is 0. The lowest BCUT2D eigenvalue weighted by Crippen LogP contribution is -2.09. The summed E-state index contributed by atoms with van der Waals surface area (Å²) in [6, 6.07) is 11.6. The first-order chi connectivity index (χ1) is 10.2. The molecule has 3 rings (SSSR count). The molecule has 0 amide bonds. The Balaban J connectivity index is 2.10. The first-order valence-corrected chi connectivity index (χ1v) is 6.30. The third-order valence-corrected chi connectivity index (χ3v) is 3.18. The average molecular weight is 277 g/mol. The van der Waals surface area contributed by atoms with Gasteiger partial charge in [-0.05, 0) is 24.6 Å². The van der Waals surface area contributed by atoms with Gasteiger partial charge >= 0.3 is 0 Å². The van der Waals surface area contributed by atoms with Crippen LogP contribution in [0.3, 0.4) is 0 Å². The van der Waals surface area contributed by atoms with Gasteiger partial charge in [-0.2, -0.15) is 10.4 Å². The molecule has 7 nitrogen and oxygen atoms in total. The quantitative estimate of drug-likeness (QED) is 0.706. The molecule has 0 aliphatic carbocycles. The molecule has 0 aliphatic rings. The number of aromatic nitrogens is 6. The van der Waals surface area contributed by atoms with Gasteiger partial charge in [0, 0.05) is 5.56 Å². The molecule has 0 saturated heterocycles. The van der Waals surface area contributed by atoms with E-state index in [1.54, 1.807) is 6.92 Å². The van der Waals surface area contributed by atoms with Crippen LogP contribution in [-0.4, -0.2) is 30.4 Å². The van der Waals surface area contributed by atoms with Gasteiger partial charge in [-0.1, -0.05) is 30.3 Å². The van der Waals surface area contributed by atoms with E-state index in [0.29, 0.717) is 17.1 Å². The fourth-order valence-electron chi connectivity index (χ4n) is 1.88. The van der Waals surface area contributed by atoms with Crippen LogP contribution >= 0.6 is 0 Å². The highest BCUT2D eigenvalue weighted by molar-refractivity contribution is 5.54. The lowest BCUT2D eigenvalue weighted by atomic mass is 10.1. The van der Waals surface area contributed by atoms with Gasteiger partial charge in [0.25, 0.3) is 0 Å². The molecular weight excluding hydrogens is 266 g/mol. The highest BCUT2D eigenvalue weighted by atomic mass is 15.6. The van der Waals surface area contributed by atoms with Gasteiger partial charge in [0.15, 0.2) is 0 Å². The molecule has 0 aliphatic heterocycles. The molecule has 0 radical (unpaired) electrons. The number of tetrazole rings is 1. The van der Waals surface area contributed by atoms with E-state index in [-0.39, 0.29) is 5.82 Å². The van der Waals surface area contributed by atoms with Crippen molar-refractivity contribution in [3.8, 4) is 23.3 Å². The Kier molecular flexibility index (Phi) is 3.12. The number of nitrogens with zero attached hydrogens (tertiary/aromatic N) is 7. The van der Waals surface area contributed by atoms with Crippen molar-refractivity contribution in [2.45, 2.75) is 13.8 Å². The van der Waals surface area contributed by atoms with Crippen LogP contribution in [0.4, 0.5) is 0 Å². The predicted octanol–water partition coefficient (Wildman–Crippen LogP) is 1.61. The van der Waals surface area contributed by atoms with E-state index in [9.17, 15) is 5.26 Å². The maximum Gasteiger partial charge on any atom is 0.216 e. The molecule has 3 aromatic rings. The van der Waals surface area contributed by atoms with Gasteiger partial charge in [0.05, 0.1) is 5.69 Å². The predicted molar refractivity (Wildman–Crippen MR) is 74.4 cm³/mol. The van der Waals surface area contributed by atoms with Crippen molar-refractivity contribution < 1.29 is 0 Å². The Morgan fingerprint density at radius 2 is 1.81 bits per heavy atom. The minimum Gasteiger partial charge on any atom is -0.192 e. The van der Waals surface area contributed by atoms with E-state index in [1.807, 2.05) is 37.3 Å². The third kappa shape index (κ3) is 2.23. The van der Waals surface area contributed by atoms with Crippen LogP contribution < -0.4 is 0 Å². The summed E-state index contributed by atoms with van der Waals surface area (Å²) in [6.45, 7) is 3.62. The first-order valence-electron chi connectivity index (χ1n) is 6.30. The van der Waals surface area contributed by atoms with Gasteiger partial charge in [-0.3, -0.25) is 0 Å². The van der Waals surface area contributed by atoms with Crippen LogP contribution in [-0.2, 0) is 0 Å². The van der Waals surface area contributed by atoms with Crippen LogP contribution in [0.25, 0.3) is 17.2 Å². The molecule has 2 aromatic heterocycles. The Hall–Kier alpha value is -3.14. The van der Waals surface area contributed by atoms with Gasteiger partial charge in [-0.25, -0.2) is 0 Å². The van der Waals surface area contributed by atoms with Gasteiger partial charge < -0.3 is 0 Å². The lowest BCUT2D eigenvalue weighted by molar-refractivity contribution is 0.681. The second-order valence-electron chi connectivity index (χ2n) is 4.49. The summed E-state index contributed by atoms with van der Waals surface area (Å²) in [5, 5.41) is 29.6. The minimum absolute atomic E-state index is 0.287. The summed E-state index contributed by atoms with van der Waals surface area (Å²) >= 11 is 0. The Labute approximate surface area is 120 Å². The minimum atomic E-state index is 0.287. The summed E-state index contributed by atoms with van der Waals surface area (Å²) in [6.07, 6.45) is 0. The van der Waals surface area contributed by atoms with Crippen molar-refractivity contribution in [1.29, 1.82) is 5.26 Å². The zero-order valence-electron chi connectivity index (χ0n) is 11.5. The largest absolute Gasteiger partial charge is 0.216 e. The molecule has 0 bridgehead atoms. The van der Waals surface area contributed by atoms with Crippen molar-refractivity contribution in [3.63, 3.8) is 0 Å². The van der Waals surface area contributed by atoms with Gasteiger partial charge in [0.1, 0.15) is 11.6 Å². The van der Waals surface area contributed by atoms with Crippen molar-refractivity contribution in [2.75, 3.05) is 0 Å². The fraction of sp³-hybridized carbons (Fsp3) is 0.143. The second-order valence-corrected chi connectivity index (χ2v) is 4.49. The molecular formula is C14H11N7. The van der Waals surface area contributed by atoms with Crippen molar-refractivity contribution in [1.82, 2.24) is 30.4 Å². The van der Waals surface area contributed by atoms with Gasteiger partial charge in [0.2, 0.25) is 11.6 Å². The number of rotatable bonds is 2. The van der Waals surface area contributed by atoms with Crippen molar-refractivity contribution in [2.24, 2.45) is 0 Å². The van der Waals surface area contributed by atoms with Crippen LogP contribution in [0.2, 0.25) is 0 Å². The maximum absolute atomic E-state index is 9.30. The monoisotopic (exact) mass is 277 g/mol. The molecule has 102 valence electrons. The topological polar surface area (TPSA) is 93.2 Å². The smallest absolute Gasteiger partial charge is 0.192 e. The van der Waals surface area contributed by atoms with Crippen LogP contribution in [0, 0.1) is 25.2 Å². The number of aryl methyl sites for hydroxylation is 1. The number of nitriles is 1. The van der Waals surface area contributed by atoms with Crippen molar-refractivity contribution in [3.05, 3.63) is 47.2 Å². The molecule has 2 heterocycles. The molecule has 0 atom stereocenters. The van der Waals surface area contributed by atoms with E-state index < -0.39 is 0 Å². The SMILES string of the molecule is Cc1nnc(-n2nnc(-c3ccccc3)n2)c(C#N)c1C. The fourth-order valence-corrected chi connectivity index (χ4v) is 1.88. The highest BCUT2D eigenvalue weighted by Gasteiger charge is 2.16. The van der Waals surface area contributed by atoms with E-state index in [4.69, 9.17) is 0 Å². The first kappa shape index (κ1) is 12.9. The van der Waals surface area contributed by atoms with Crippen LogP contribution in [0.5, 0.6) is 0 Å². The second kappa shape index (κ2) is 5.09. The molecule has 0 unspecified atom stereocenters. The van der Waals surface area contributed by atoms with Crippen LogP contribution in [0.1, 0.15) is 16.8 Å². The van der Waals surface area contributed by atoms with Crippen molar-refractivity contribution >= 4 is 0 Å². The molecule has 0 spiro atoms. The molecule has 21 heavy (non-hydrogen) atoms. The molecule has 0 N–H and O–H groups in total. The Bertz CT molecular complexity index is 830. The van der Waals surface area contributed by atoms with E-state index in [2.05, 4.69) is 31.7 Å². The summed E-state index contributed by atoms with van der Waals surface area (Å²) in [5.74, 6) is 0.759. The summed E-state index contributed by atoms with van der Waals surface area (Å²) < 4.78 is 0. The Morgan fingerprint density at radius 3 is 2.52 bits per heavy atom. The van der Waals surface area contributed by atoms with E-state index in [0.717, 1.165) is 11.1 Å². The van der Waals surface area contributed by atoms with E-state index in [1.165, 1.54) is 4.80 Å². The zero-order valence-corrected chi connectivity index (χ0v) is 11.5. The number of hydrogen-bond acceptors (Lipinski definition) is 6. The zero-order chi connectivity index (χ0) is 14.8.